The van der Waals surface area contributed by atoms with Crippen LogP contribution < -0.4 is 5.32 Å². The summed E-state index contributed by atoms with van der Waals surface area (Å²) in [6, 6.07) is 6.27. The van der Waals surface area contributed by atoms with Gasteiger partial charge in [0.25, 0.3) is 5.69 Å². The van der Waals surface area contributed by atoms with Crippen LogP contribution >= 0.6 is 0 Å². The zero-order valence-corrected chi connectivity index (χ0v) is 14.5. The van der Waals surface area contributed by atoms with Crippen LogP contribution in [0.1, 0.15) is 31.7 Å². The van der Waals surface area contributed by atoms with Gasteiger partial charge in [-0.15, -0.1) is 0 Å². The molecule has 2 heterocycles. The smallest absolute Gasteiger partial charge is 0.391 e. The molecule has 1 aromatic carbocycles. The molecule has 1 N–H and O–H groups in total. The Bertz CT molecular complexity index is 841. The molecule has 0 fully saturated rings. The third-order valence-corrected chi connectivity index (χ3v) is 4.21. The van der Waals surface area contributed by atoms with Crippen LogP contribution in [0, 0.1) is 10.1 Å². The van der Waals surface area contributed by atoms with Gasteiger partial charge in [0.05, 0.1) is 17.0 Å². The number of nitro groups is 1. The van der Waals surface area contributed by atoms with E-state index in [9.17, 15) is 14.9 Å². The minimum atomic E-state index is -0.585. The predicted octanol–water partition coefficient (Wildman–Crippen LogP) is 2.78. The first-order chi connectivity index (χ1) is 12.5. The molecule has 26 heavy (non-hydrogen) atoms. The highest BCUT2D eigenvalue weighted by molar-refractivity contribution is 5.98. The fraction of sp³-hybridized carbons (Fsp3) is 0.333. The number of carbonyl (C=O) groups excluding carboxylic acids is 1. The lowest BCUT2D eigenvalue weighted by Gasteiger charge is -2.26. The van der Waals surface area contributed by atoms with Gasteiger partial charge in [0.1, 0.15) is 6.61 Å². The van der Waals surface area contributed by atoms with Gasteiger partial charge in [-0.1, -0.05) is 25.1 Å². The molecule has 2 aliphatic rings. The van der Waals surface area contributed by atoms with E-state index in [0.29, 0.717) is 30.0 Å². The SMILES string of the molecule is CCC1=CC(c2cccc([N+](=O)[O-])c2)C(C(=O)OC2=NCCO2)=C(C)N1. The van der Waals surface area contributed by atoms with Crippen LogP contribution in [0.3, 0.4) is 0 Å². The average Bonchev–Trinajstić information content (AvgIpc) is 3.13. The van der Waals surface area contributed by atoms with Crippen LogP contribution in [0.2, 0.25) is 0 Å². The van der Waals surface area contributed by atoms with E-state index in [2.05, 4.69) is 10.3 Å². The van der Waals surface area contributed by atoms with E-state index in [-0.39, 0.29) is 11.8 Å². The number of nitro benzene ring substituents is 1. The summed E-state index contributed by atoms with van der Waals surface area (Å²) in [5.74, 6) is -1.04. The van der Waals surface area contributed by atoms with Crippen molar-refractivity contribution in [2.45, 2.75) is 26.2 Å². The Hall–Kier alpha value is -3.16. The molecule has 136 valence electrons. The Morgan fingerprint density at radius 2 is 2.31 bits per heavy atom. The number of carbonyl (C=O) groups is 1. The maximum absolute atomic E-state index is 12.7. The van der Waals surface area contributed by atoms with Gasteiger partial charge in [-0.25, -0.2) is 9.79 Å². The molecule has 0 amide bonds. The van der Waals surface area contributed by atoms with Crippen LogP contribution in [-0.4, -0.2) is 30.1 Å². The highest BCUT2D eigenvalue weighted by atomic mass is 16.7. The van der Waals surface area contributed by atoms with E-state index in [1.807, 2.05) is 13.0 Å². The summed E-state index contributed by atoms with van der Waals surface area (Å²) in [6.45, 7) is 4.60. The first-order valence-electron chi connectivity index (χ1n) is 8.32. The maximum Gasteiger partial charge on any atom is 0.391 e. The molecule has 1 atom stereocenters. The Labute approximate surface area is 150 Å². The van der Waals surface area contributed by atoms with Crippen LogP contribution in [0.5, 0.6) is 0 Å². The number of nitrogens with one attached hydrogen (secondary N) is 1. The molecule has 8 heteroatoms. The van der Waals surface area contributed by atoms with Crippen molar-refractivity contribution in [2.75, 3.05) is 13.2 Å². The standard InChI is InChI=1S/C18H19N3O5/c1-3-13-10-15(12-5-4-6-14(9-12)21(23)24)16(11(2)20-13)17(22)26-18-19-7-8-25-18/h4-6,9-10,15,20H,3,7-8H2,1-2H3. The number of hydrogen-bond acceptors (Lipinski definition) is 7. The molecule has 8 nitrogen and oxygen atoms in total. The lowest BCUT2D eigenvalue weighted by Crippen LogP contribution is -2.27. The van der Waals surface area contributed by atoms with Crippen LogP contribution in [-0.2, 0) is 14.3 Å². The summed E-state index contributed by atoms with van der Waals surface area (Å²) in [5, 5.41) is 14.3. The monoisotopic (exact) mass is 357 g/mol. The topological polar surface area (TPSA) is 103 Å². The van der Waals surface area contributed by atoms with E-state index in [1.165, 1.54) is 12.1 Å². The minimum absolute atomic E-state index is 0.0265. The first-order valence-corrected chi connectivity index (χ1v) is 8.32. The molecular weight excluding hydrogens is 338 g/mol. The zero-order chi connectivity index (χ0) is 18.7. The van der Waals surface area contributed by atoms with Gasteiger partial charge in [-0.05, 0) is 18.9 Å². The molecule has 0 aromatic heterocycles. The average molecular weight is 357 g/mol. The predicted molar refractivity (Wildman–Crippen MR) is 94.4 cm³/mol. The van der Waals surface area contributed by atoms with Gasteiger partial charge < -0.3 is 14.8 Å². The molecule has 0 saturated carbocycles. The first kappa shape index (κ1) is 17.7. The van der Waals surface area contributed by atoms with E-state index in [4.69, 9.17) is 9.47 Å². The Balaban J connectivity index is 1.98. The fourth-order valence-corrected chi connectivity index (χ4v) is 2.96. The second-order valence-corrected chi connectivity index (χ2v) is 5.92. The number of benzene rings is 1. The Kier molecular flexibility index (Phi) is 5.01. The zero-order valence-electron chi connectivity index (χ0n) is 14.5. The number of non-ortho nitro benzene ring substituents is 1. The van der Waals surface area contributed by atoms with Crippen molar-refractivity contribution in [3.05, 3.63) is 63.0 Å². The molecule has 0 spiro atoms. The van der Waals surface area contributed by atoms with Gasteiger partial charge in [-0.3, -0.25) is 10.1 Å². The molecule has 3 rings (SSSR count). The van der Waals surface area contributed by atoms with Crippen molar-refractivity contribution in [1.29, 1.82) is 0 Å². The minimum Gasteiger partial charge on any atom is -0.448 e. The molecule has 0 saturated heterocycles. The fourth-order valence-electron chi connectivity index (χ4n) is 2.96. The normalized spacial score (nSPS) is 19.2. The lowest BCUT2D eigenvalue weighted by atomic mass is 9.86. The van der Waals surface area contributed by atoms with Gasteiger partial charge in [0.2, 0.25) is 0 Å². The third-order valence-electron chi connectivity index (χ3n) is 4.21. The lowest BCUT2D eigenvalue weighted by molar-refractivity contribution is -0.384. The highest BCUT2D eigenvalue weighted by Gasteiger charge is 2.31. The number of esters is 1. The van der Waals surface area contributed by atoms with E-state index < -0.39 is 16.8 Å². The second-order valence-electron chi connectivity index (χ2n) is 5.92. The van der Waals surface area contributed by atoms with E-state index in [1.54, 1.807) is 19.1 Å². The number of ether oxygens (including phenoxy) is 2. The van der Waals surface area contributed by atoms with E-state index in [0.717, 1.165) is 12.1 Å². The van der Waals surface area contributed by atoms with Gasteiger partial charge in [-0.2, -0.15) is 0 Å². The van der Waals surface area contributed by atoms with E-state index >= 15 is 0 Å². The van der Waals surface area contributed by atoms with Crippen LogP contribution in [0.25, 0.3) is 0 Å². The summed E-state index contributed by atoms with van der Waals surface area (Å²) in [5.41, 5.74) is 2.57. The molecule has 0 aliphatic carbocycles. The maximum atomic E-state index is 12.7. The number of dihydropyridines is 1. The quantitative estimate of drug-likeness (QED) is 0.505. The summed E-state index contributed by atoms with van der Waals surface area (Å²) in [4.78, 5) is 27.3. The molecule has 2 aliphatic heterocycles. The van der Waals surface area contributed by atoms with Crippen LogP contribution in [0.15, 0.2) is 52.3 Å². The number of nitrogens with zero attached hydrogens (tertiary/aromatic N) is 2. The van der Waals surface area contributed by atoms with Crippen molar-refractivity contribution >= 4 is 17.7 Å². The Morgan fingerprint density at radius 3 is 2.96 bits per heavy atom. The Morgan fingerprint density at radius 1 is 1.50 bits per heavy atom. The molecule has 1 unspecified atom stereocenters. The molecule has 0 radical (unpaired) electrons. The van der Waals surface area contributed by atoms with Gasteiger partial charge in [0.15, 0.2) is 0 Å². The van der Waals surface area contributed by atoms with Crippen LogP contribution in [0.4, 0.5) is 5.69 Å². The second kappa shape index (κ2) is 7.38. The highest BCUT2D eigenvalue weighted by Crippen LogP contribution is 2.35. The molecule has 1 aromatic rings. The van der Waals surface area contributed by atoms with Crippen molar-refractivity contribution in [3.8, 4) is 0 Å². The summed E-state index contributed by atoms with van der Waals surface area (Å²) >= 11 is 0. The van der Waals surface area contributed by atoms with Crippen molar-refractivity contribution in [2.24, 2.45) is 4.99 Å². The number of aliphatic imine (C=N–C) groups is 1. The number of hydrogen-bond donors (Lipinski definition) is 1. The molecular formula is C18H19N3O5. The largest absolute Gasteiger partial charge is 0.448 e. The molecule has 0 bridgehead atoms. The third kappa shape index (κ3) is 3.58. The van der Waals surface area contributed by atoms with Gasteiger partial charge in [0, 0.05) is 29.4 Å². The van der Waals surface area contributed by atoms with Crippen molar-refractivity contribution < 1.29 is 19.2 Å². The summed E-state index contributed by atoms with van der Waals surface area (Å²) in [7, 11) is 0. The van der Waals surface area contributed by atoms with Crippen molar-refractivity contribution in [1.82, 2.24) is 5.32 Å². The number of allylic oxidation sites excluding steroid dienone is 3. The summed E-state index contributed by atoms with van der Waals surface area (Å²) in [6.07, 6.45) is 2.58. The number of rotatable bonds is 4. The summed E-state index contributed by atoms with van der Waals surface area (Å²) < 4.78 is 10.4. The van der Waals surface area contributed by atoms with Gasteiger partial charge >= 0.3 is 12.1 Å². The van der Waals surface area contributed by atoms with Crippen molar-refractivity contribution in [3.63, 3.8) is 0 Å².